The summed E-state index contributed by atoms with van der Waals surface area (Å²) in [6.07, 6.45) is 7.27. The molecule has 0 aliphatic heterocycles. The zero-order valence-electron chi connectivity index (χ0n) is 45.3. The molecule has 0 saturated heterocycles. The van der Waals surface area contributed by atoms with E-state index < -0.39 is 0 Å². The summed E-state index contributed by atoms with van der Waals surface area (Å²) in [5, 5.41) is 32.8. The van der Waals surface area contributed by atoms with Gasteiger partial charge in [-0.15, -0.1) is 10.2 Å². The number of halogens is 6. The molecule has 1 aromatic carbocycles. The number of hydrogen-bond acceptors (Lipinski definition) is 19. The summed E-state index contributed by atoms with van der Waals surface area (Å²) in [6, 6.07) is 28.3. The minimum Gasteiger partial charge on any atom is -0.309 e. The molecule has 10 aromatic heterocycles. The predicted molar refractivity (Wildman–Crippen MR) is 328 cm³/mol. The summed E-state index contributed by atoms with van der Waals surface area (Å²) < 4.78 is 59.5. The summed E-state index contributed by atoms with van der Waals surface area (Å²) in [5.74, 6) is 13.7. The SMILES string of the molecule is Cc1c(F)ccc2n[nH]c(=S)n12.Cc1c(F)ccc2nnc(Sc3ccc4nc(NC(=O)C5CC5)cn4n3)n12.Cc1nc(Cl)ccc1F.Cc1nc(NN)ccc1F.NN.O=C(Nc1cn2nc(I)ccc2n1)C1CC1.S=C=Nc1ccccc1. The van der Waals surface area contributed by atoms with E-state index in [1.165, 1.54) is 48.2 Å². The van der Waals surface area contributed by atoms with Crippen molar-refractivity contribution in [1.82, 2.24) is 68.4 Å². The molecule has 2 aliphatic rings. The average molecular weight is 1350 g/mol. The van der Waals surface area contributed by atoms with E-state index in [0.29, 0.717) is 77.3 Å². The maximum absolute atomic E-state index is 13.9. The molecule has 10 heterocycles. The molecule has 0 unspecified atom stereocenters. The number of aromatic nitrogens is 14. The number of amides is 2. The smallest absolute Gasteiger partial charge is 0.228 e. The first-order valence-corrected chi connectivity index (χ1v) is 28.2. The maximum atomic E-state index is 13.9. The van der Waals surface area contributed by atoms with Gasteiger partial charge < -0.3 is 16.1 Å². The van der Waals surface area contributed by atoms with Crippen LogP contribution in [0.15, 0.2) is 131 Å². The number of nitrogens with zero attached hydrogens (tertiary/aromatic N) is 14. The highest BCUT2D eigenvalue weighted by Gasteiger charge is 2.31. The van der Waals surface area contributed by atoms with Crippen LogP contribution in [0, 0.1) is 71.3 Å². The number of pyridine rings is 4. The zero-order valence-corrected chi connectivity index (χ0v) is 50.6. The van der Waals surface area contributed by atoms with Gasteiger partial charge in [0.05, 0.1) is 46.0 Å². The van der Waals surface area contributed by atoms with Crippen molar-refractivity contribution < 1.29 is 27.2 Å². The number of fused-ring (bicyclic) bond motifs is 4. The van der Waals surface area contributed by atoms with Gasteiger partial charge in [-0.2, -0.15) is 20.3 Å². The number of hydrazine groups is 2. The summed E-state index contributed by atoms with van der Waals surface area (Å²) in [7, 11) is 0. The normalized spacial score (nSPS) is 12.0. The van der Waals surface area contributed by atoms with Crippen LogP contribution in [0.5, 0.6) is 0 Å². The van der Waals surface area contributed by atoms with E-state index in [9.17, 15) is 27.2 Å². The van der Waals surface area contributed by atoms with Crippen molar-refractivity contribution in [3.8, 4) is 0 Å². The van der Waals surface area contributed by atoms with Crippen LogP contribution in [0.4, 0.5) is 40.7 Å². The van der Waals surface area contributed by atoms with E-state index in [4.69, 9.17) is 29.7 Å². The van der Waals surface area contributed by atoms with E-state index >= 15 is 0 Å². The van der Waals surface area contributed by atoms with Crippen molar-refractivity contribution in [2.45, 2.75) is 63.6 Å². The Morgan fingerprint density at radius 1 is 0.671 bits per heavy atom. The first kappa shape index (κ1) is 64.3. The van der Waals surface area contributed by atoms with Crippen molar-refractivity contribution in [3.63, 3.8) is 0 Å². The molecule has 440 valence electrons. The Kier molecular flexibility index (Phi) is 23.1. The molecule has 23 nitrogen and oxygen atoms in total. The number of aromatic amines is 1. The summed E-state index contributed by atoms with van der Waals surface area (Å²) >= 11 is 18.2. The van der Waals surface area contributed by atoms with Crippen LogP contribution < -0.4 is 33.6 Å². The molecule has 2 saturated carbocycles. The first-order valence-electron chi connectivity index (χ1n) is 25.1. The van der Waals surface area contributed by atoms with Gasteiger partial charge in [-0.25, -0.2) is 52.4 Å². The Morgan fingerprint density at radius 3 is 1.75 bits per heavy atom. The van der Waals surface area contributed by atoms with Gasteiger partial charge in [0.1, 0.15) is 43.0 Å². The average Bonchev–Trinajstić information content (AvgIpc) is 4.44. The largest absolute Gasteiger partial charge is 0.309 e. The first-order chi connectivity index (χ1) is 40.9. The van der Waals surface area contributed by atoms with Gasteiger partial charge >= 0.3 is 0 Å². The number of isothiocyanates is 1. The van der Waals surface area contributed by atoms with Gasteiger partial charge in [0, 0.05) is 11.8 Å². The Balaban J connectivity index is 0.000000154. The van der Waals surface area contributed by atoms with Crippen molar-refractivity contribution in [1.29, 1.82) is 0 Å². The lowest BCUT2D eigenvalue weighted by Gasteiger charge is -2.04. The van der Waals surface area contributed by atoms with Crippen LogP contribution in [0.2, 0.25) is 5.15 Å². The number of hydrogen-bond donors (Lipinski definition) is 7. The number of benzene rings is 1. The summed E-state index contributed by atoms with van der Waals surface area (Å²) in [4.78, 5) is 43.3. The monoisotopic (exact) mass is 1350 g/mol. The molecule has 85 heavy (non-hydrogen) atoms. The Labute approximate surface area is 514 Å². The van der Waals surface area contributed by atoms with Crippen molar-refractivity contribution >= 4 is 133 Å². The molecular formula is C53H51ClF4IN21O2S3. The molecular weight excluding hydrogens is 1300 g/mol. The number of anilines is 3. The molecule has 13 rings (SSSR count). The minimum absolute atomic E-state index is 0.000404. The van der Waals surface area contributed by atoms with Crippen LogP contribution in [0.3, 0.4) is 0 Å². The third-order valence-electron chi connectivity index (χ3n) is 11.7. The number of aliphatic imine (C=N–C) groups is 1. The van der Waals surface area contributed by atoms with Gasteiger partial charge in [0.2, 0.25) is 17.0 Å². The second kappa shape index (κ2) is 30.5. The van der Waals surface area contributed by atoms with Gasteiger partial charge in [-0.05, 0) is 197 Å². The van der Waals surface area contributed by atoms with Crippen LogP contribution in [-0.4, -0.2) is 85.3 Å². The van der Waals surface area contributed by atoms with E-state index in [2.05, 4.69) is 123 Å². The van der Waals surface area contributed by atoms with Crippen molar-refractivity contribution in [3.05, 3.63) is 175 Å². The molecule has 2 fully saturated rings. The van der Waals surface area contributed by atoms with Gasteiger partial charge in [0.25, 0.3) is 0 Å². The van der Waals surface area contributed by atoms with E-state index in [0.717, 1.165) is 40.7 Å². The number of thiocarbonyl (C=S) groups is 1. The zero-order chi connectivity index (χ0) is 61.3. The predicted octanol–water partition coefficient (Wildman–Crippen LogP) is 10.5. The lowest BCUT2D eigenvalue weighted by molar-refractivity contribution is -0.118. The number of rotatable bonds is 8. The number of H-pyrrole nitrogens is 1. The fourth-order valence-electron chi connectivity index (χ4n) is 7.10. The number of aryl methyl sites for hydroxylation is 4. The lowest BCUT2D eigenvalue weighted by Crippen LogP contribution is -2.13. The van der Waals surface area contributed by atoms with Gasteiger partial charge in [-0.1, -0.05) is 29.8 Å². The lowest BCUT2D eigenvalue weighted by atomic mass is 10.3. The molecule has 32 heteroatoms. The maximum Gasteiger partial charge on any atom is 0.228 e. The quantitative estimate of drug-likeness (QED) is 0.0141. The molecule has 10 N–H and O–H groups in total. The Bertz CT molecular complexity index is 4230. The number of nitrogens with two attached hydrogens (primary N) is 3. The highest BCUT2D eigenvalue weighted by atomic mass is 127. The molecule has 0 bridgehead atoms. The van der Waals surface area contributed by atoms with Crippen LogP contribution in [-0.2, 0) is 9.59 Å². The third kappa shape index (κ3) is 18.1. The van der Waals surface area contributed by atoms with E-state index in [1.54, 1.807) is 82.2 Å². The van der Waals surface area contributed by atoms with Gasteiger partial charge in [0.15, 0.2) is 39.0 Å². The topological polar surface area (TPSA) is 310 Å². The highest BCUT2D eigenvalue weighted by Crippen LogP contribution is 2.31. The molecule has 0 radical (unpaired) electrons. The molecule has 2 aliphatic carbocycles. The van der Waals surface area contributed by atoms with E-state index in [1.807, 2.05) is 42.5 Å². The van der Waals surface area contributed by atoms with Crippen molar-refractivity contribution in [2.24, 2.45) is 34.4 Å². The highest BCUT2D eigenvalue weighted by molar-refractivity contribution is 14.1. The standard InChI is InChI=1S/C17H14FN7OS.C10H9IN4O.C7H6FN3S.C7H5NS.C6H5ClFN.C6H8FN3.H4N2/c1-9-11(18)4-5-14-21-22-17(25(9)14)27-15-7-6-13-19-12(8-24(13)23-15)20-16(26)10-2-3-10;11-7-3-4-9-12-8(5-15(9)14-7)13-10(16)6-1-2-6;1-4-5(8)2-3-6-9-10-7(12)11(4)6;9-6-8-7-4-2-1-3-5-7;1-4-5(8)2-3-6(7)9-4;1-4-5(7)2-3-6(9-4)10-8;1-2/h4-8,10H,2-3H2,1H3,(H,20,26);3-6H,1-2H2,(H,13,16);2-3H,1H3,(H,10,12);1-5H;2-3H,1H3;2-3H,8H2,1H3,(H,9,10);1-2H2. The van der Waals surface area contributed by atoms with Crippen molar-refractivity contribution in [2.75, 3.05) is 16.1 Å². The molecule has 0 spiro atoms. The second-order valence-corrected chi connectivity index (χ2v) is 20.9. The Morgan fingerprint density at radius 2 is 1.20 bits per heavy atom. The Hall–Kier alpha value is -8.27. The fourth-order valence-corrected chi connectivity index (χ4v) is 8.94. The number of carbonyl (C=O) groups is 2. The summed E-state index contributed by atoms with van der Waals surface area (Å²) in [5.41, 5.74) is 7.34. The summed E-state index contributed by atoms with van der Waals surface area (Å²) in [6.45, 7) is 6.49. The van der Waals surface area contributed by atoms with E-state index in [-0.39, 0.29) is 46.9 Å². The fraction of sp³-hybridized carbons (Fsp3) is 0.189. The third-order valence-corrected chi connectivity index (χ3v) is 13.8. The number of nitrogen functional groups attached to an aromatic ring is 1. The number of imidazole rings is 2. The van der Waals surface area contributed by atoms with Crippen LogP contribution in [0.25, 0.3) is 22.6 Å². The number of carbonyl (C=O) groups excluding carboxylic acids is 2. The number of para-hydroxylation sites is 1. The van der Waals surface area contributed by atoms with Crippen LogP contribution in [0.1, 0.15) is 48.5 Å². The van der Waals surface area contributed by atoms with Gasteiger partial charge in [-0.3, -0.25) is 35.2 Å². The van der Waals surface area contributed by atoms with Crippen LogP contribution >= 0.6 is 70.4 Å². The number of nitrogens with one attached hydrogen (secondary N) is 4. The second-order valence-electron chi connectivity index (χ2n) is 17.9. The molecule has 11 aromatic rings. The molecule has 2 amide bonds. The molecule has 0 atom stereocenters. The minimum atomic E-state index is -0.321.